The van der Waals surface area contributed by atoms with Crippen LogP contribution < -0.4 is 10.2 Å². The van der Waals surface area contributed by atoms with Crippen LogP contribution in [0.25, 0.3) is 0 Å². The molecule has 0 aromatic heterocycles. The van der Waals surface area contributed by atoms with Crippen LogP contribution in [0.4, 0.5) is 5.69 Å². The van der Waals surface area contributed by atoms with Gasteiger partial charge in [0.2, 0.25) is 5.91 Å². The summed E-state index contributed by atoms with van der Waals surface area (Å²) in [5.41, 5.74) is 3.13. The van der Waals surface area contributed by atoms with Gasteiger partial charge in [0.1, 0.15) is 0 Å². The molecule has 2 N–H and O–H groups in total. The zero-order chi connectivity index (χ0) is 17.8. The molecule has 1 heterocycles. The molecular formula is C20H22N2O3. The number of rotatable bonds is 5. The minimum atomic E-state index is -0.744. The Labute approximate surface area is 147 Å². The van der Waals surface area contributed by atoms with Crippen LogP contribution in [0.5, 0.6) is 0 Å². The largest absolute Gasteiger partial charge is 0.387 e. The van der Waals surface area contributed by atoms with Gasteiger partial charge in [-0.1, -0.05) is 24.3 Å². The molecule has 2 aromatic rings. The Morgan fingerprint density at radius 3 is 2.56 bits per heavy atom. The predicted octanol–water partition coefficient (Wildman–Crippen LogP) is 2.59. The van der Waals surface area contributed by atoms with E-state index in [-0.39, 0.29) is 18.4 Å². The first-order valence-electron chi connectivity index (χ1n) is 8.48. The fourth-order valence-corrected chi connectivity index (χ4v) is 3.08. The van der Waals surface area contributed by atoms with E-state index in [0.717, 1.165) is 29.8 Å². The predicted molar refractivity (Wildman–Crippen MR) is 96.5 cm³/mol. The van der Waals surface area contributed by atoms with Crippen molar-refractivity contribution < 1.29 is 14.7 Å². The number of aliphatic hydroxyl groups excluding tert-OH is 1. The summed E-state index contributed by atoms with van der Waals surface area (Å²) in [6, 6.07) is 14.5. The molecule has 1 atom stereocenters. The molecule has 1 fully saturated rings. The van der Waals surface area contributed by atoms with Crippen LogP contribution in [-0.2, 0) is 4.79 Å². The normalized spacial score (nSPS) is 15.3. The molecule has 0 aliphatic carbocycles. The van der Waals surface area contributed by atoms with Crippen LogP contribution in [0.15, 0.2) is 48.5 Å². The maximum absolute atomic E-state index is 12.3. The fourth-order valence-electron chi connectivity index (χ4n) is 3.08. The van der Waals surface area contributed by atoms with Gasteiger partial charge in [0, 0.05) is 30.8 Å². The van der Waals surface area contributed by atoms with Crippen LogP contribution in [0.1, 0.15) is 40.4 Å². The van der Waals surface area contributed by atoms with Gasteiger partial charge in [0.15, 0.2) is 0 Å². The van der Waals surface area contributed by atoms with Crippen molar-refractivity contribution in [2.45, 2.75) is 25.9 Å². The molecule has 1 saturated heterocycles. The van der Waals surface area contributed by atoms with E-state index >= 15 is 0 Å². The number of anilines is 1. The zero-order valence-corrected chi connectivity index (χ0v) is 14.2. The van der Waals surface area contributed by atoms with Crippen molar-refractivity contribution in [1.82, 2.24) is 5.32 Å². The van der Waals surface area contributed by atoms with Crippen molar-refractivity contribution in [3.63, 3.8) is 0 Å². The molecule has 0 saturated carbocycles. The maximum Gasteiger partial charge on any atom is 0.251 e. The van der Waals surface area contributed by atoms with E-state index in [2.05, 4.69) is 5.32 Å². The van der Waals surface area contributed by atoms with Gasteiger partial charge in [-0.05, 0) is 48.7 Å². The molecule has 1 aliphatic rings. The van der Waals surface area contributed by atoms with Gasteiger partial charge < -0.3 is 15.3 Å². The lowest BCUT2D eigenvalue weighted by atomic mass is 10.0. The van der Waals surface area contributed by atoms with Gasteiger partial charge in [-0.25, -0.2) is 0 Å². The Bertz CT molecular complexity index is 771. The van der Waals surface area contributed by atoms with Crippen molar-refractivity contribution in [2.24, 2.45) is 0 Å². The summed E-state index contributed by atoms with van der Waals surface area (Å²) in [5.74, 6) is -0.120. The Kier molecular flexibility index (Phi) is 5.14. The maximum atomic E-state index is 12.3. The number of aryl methyl sites for hydroxylation is 1. The Morgan fingerprint density at radius 1 is 1.20 bits per heavy atom. The summed E-state index contributed by atoms with van der Waals surface area (Å²) in [5, 5.41) is 13.0. The molecule has 5 heteroatoms. The van der Waals surface area contributed by atoms with E-state index in [1.54, 1.807) is 29.2 Å². The van der Waals surface area contributed by atoms with Gasteiger partial charge in [-0.2, -0.15) is 0 Å². The number of amides is 2. The number of hydrogen-bond donors (Lipinski definition) is 2. The van der Waals surface area contributed by atoms with E-state index in [0.29, 0.717) is 12.0 Å². The fraction of sp³-hybridized carbons (Fsp3) is 0.300. The third kappa shape index (κ3) is 3.88. The number of benzene rings is 2. The average Bonchev–Trinajstić information content (AvgIpc) is 3.06. The van der Waals surface area contributed by atoms with Gasteiger partial charge in [0.05, 0.1) is 6.10 Å². The first-order chi connectivity index (χ1) is 12.1. The van der Waals surface area contributed by atoms with Crippen LogP contribution >= 0.6 is 0 Å². The number of hydrogen-bond acceptors (Lipinski definition) is 3. The second kappa shape index (κ2) is 7.49. The monoisotopic (exact) mass is 338 g/mol. The van der Waals surface area contributed by atoms with E-state index in [4.69, 9.17) is 0 Å². The molecule has 1 unspecified atom stereocenters. The number of nitrogens with zero attached hydrogens (tertiary/aromatic N) is 1. The summed E-state index contributed by atoms with van der Waals surface area (Å²) in [6.45, 7) is 2.81. The molecular weight excluding hydrogens is 316 g/mol. The molecule has 25 heavy (non-hydrogen) atoms. The first kappa shape index (κ1) is 17.2. The van der Waals surface area contributed by atoms with E-state index in [1.807, 2.05) is 31.2 Å². The van der Waals surface area contributed by atoms with Gasteiger partial charge in [-0.3, -0.25) is 9.59 Å². The zero-order valence-electron chi connectivity index (χ0n) is 14.2. The summed E-state index contributed by atoms with van der Waals surface area (Å²) in [7, 11) is 0. The van der Waals surface area contributed by atoms with Crippen LogP contribution in [0.3, 0.4) is 0 Å². The number of nitrogens with one attached hydrogen (secondary N) is 1. The Hall–Kier alpha value is -2.66. The lowest BCUT2D eigenvalue weighted by molar-refractivity contribution is -0.117. The number of carbonyl (C=O) groups is 2. The third-order valence-corrected chi connectivity index (χ3v) is 4.52. The first-order valence-corrected chi connectivity index (χ1v) is 8.48. The molecule has 0 radical (unpaired) electrons. The minimum Gasteiger partial charge on any atom is -0.387 e. The molecule has 1 aliphatic heterocycles. The van der Waals surface area contributed by atoms with Gasteiger partial charge >= 0.3 is 0 Å². The molecule has 3 rings (SSSR count). The lowest BCUT2D eigenvalue weighted by Crippen LogP contribution is -2.29. The molecule has 0 spiro atoms. The smallest absolute Gasteiger partial charge is 0.251 e. The van der Waals surface area contributed by atoms with Crippen LogP contribution in [0.2, 0.25) is 0 Å². The van der Waals surface area contributed by atoms with Crippen molar-refractivity contribution in [1.29, 1.82) is 0 Å². The summed E-state index contributed by atoms with van der Waals surface area (Å²) < 4.78 is 0. The van der Waals surface area contributed by atoms with E-state index in [1.165, 1.54) is 0 Å². The summed E-state index contributed by atoms with van der Waals surface area (Å²) >= 11 is 0. The average molecular weight is 338 g/mol. The van der Waals surface area contributed by atoms with Crippen molar-refractivity contribution in [3.8, 4) is 0 Å². The van der Waals surface area contributed by atoms with Gasteiger partial charge in [-0.15, -0.1) is 0 Å². The highest BCUT2D eigenvalue weighted by Gasteiger charge is 2.21. The molecule has 5 nitrogen and oxygen atoms in total. The highest BCUT2D eigenvalue weighted by atomic mass is 16.3. The second-order valence-corrected chi connectivity index (χ2v) is 6.28. The SMILES string of the molecule is Cc1ccccc1C(O)CNC(=O)c1ccc(N2CCCC2=O)cc1. The quantitative estimate of drug-likeness (QED) is 0.880. The minimum absolute atomic E-state index is 0.124. The second-order valence-electron chi connectivity index (χ2n) is 6.28. The van der Waals surface area contributed by atoms with Crippen molar-refractivity contribution in [3.05, 3.63) is 65.2 Å². The topological polar surface area (TPSA) is 69.6 Å². The molecule has 2 amide bonds. The molecule has 2 aromatic carbocycles. The highest BCUT2D eigenvalue weighted by molar-refractivity contribution is 5.97. The van der Waals surface area contributed by atoms with Crippen LogP contribution in [0, 0.1) is 6.92 Å². The van der Waals surface area contributed by atoms with E-state index in [9.17, 15) is 14.7 Å². The summed E-state index contributed by atoms with van der Waals surface area (Å²) in [6.07, 6.45) is 0.711. The Balaban J connectivity index is 1.60. The Morgan fingerprint density at radius 2 is 1.92 bits per heavy atom. The summed E-state index contributed by atoms with van der Waals surface area (Å²) in [4.78, 5) is 25.8. The standard InChI is InChI=1S/C20H22N2O3/c1-14-5-2-3-6-17(14)18(23)13-21-20(25)15-8-10-16(11-9-15)22-12-4-7-19(22)24/h2-3,5-6,8-11,18,23H,4,7,12-13H2,1H3,(H,21,25). The van der Waals surface area contributed by atoms with E-state index < -0.39 is 6.10 Å². The number of carbonyl (C=O) groups excluding carboxylic acids is 2. The third-order valence-electron chi connectivity index (χ3n) is 4.52. The van der Waals surface area contributed by atoms with Gasteiger partial charge in [0.25, 0.3) is 5.91 Å². The molecule has 0 bridgehead atoms. The molecule has 130 valence electrons. The van der Waals surface area contributed by atoms with Crippen molar-refractivity contribution >= 4 is 17.5 Å². The number of aliphatic hydroxyl groups is 1. The van der Waals surface area contributed by atoms with Crippen LogP contribution in [-0.4, -0.2) is 30.0 Å². The lowest BCUT2D eigenvalue weighted by Gasteiger charge is -2.16. The highest BCUT2D eigenvalue weighted by Crippen LogP contribution is 2.22. The van der Waals surface area contributed by atoms with Crippen molar-refractivity contribution in [2.75, 3.05) is 18.0 Å².